The van der Waals surface area contributed by atoms with Gasteiger partial charge < -0.3 is 18.9 Å². The highest BCUT2D eigenvalue weighted by Gasteiger charge is 2.30. The molecule has 6 heteroatoms. The van der Waals surface area contributed by atoms with E-state index in [0.29, 0.717) is 6.61 Å². The van der Waals surface area contributed by atoms with Gasteiger partial charge >= 0.3 is 11.9 Å². The Morgan fingerprint density at radius 2 is 1.90 bits per heavy atom. The zero-order valence-corrected chi connectivity index (χ0v) is 12.0. The minimum absolute atomic E-state index is 0.00937. The molecule has 0 unspecified atom stereocenters. The van der Waals surface area contributed by atoms with Crippen molar-refractivity contribution in [3.8, 4) is 0 Å². The highest BCUT2D eigenvalue weighted by Crippen LogP contribution is 2.18. The Labute approximate surface area is 118 Å². The van der Waals surface area contributed by atoms with Crippen molar-refractivity contribution in [1.82, 2.24) is 0 Å². The second-order valence-electron chi connectivity index (χ2n) is 4.57. The molecule has 0 aromatic carbocycles. The number of carbonyl (C=O) groups is 2. The summed E-state index contributed by atoms with van der Waals surface area (Å²) in [5.41, 5.74) is 0.862. The summed E-state index contributed by atoms with van der Waals surface area (Å²) in [5, 5.41) is 0. The number of hydrogen-bond donors (Lipinski definition) is 0. The number of carbonyl (C=O) groups excluding carboxylic acids is 2. The zero-order chi connectivity index (χ0) is 15.1. The van der Waals surface area contributed by atoms with E-state index in [1.54, 1.807) is 12.2 Å². The van der Waals surface area contributed by atoms with Crippen molar-refractivity contribution < 1.29 is 28.5 Å². The molecule has 1 heterocycles. The Bertz CT molecular complexity index is 400. The molecule has 0 aromatic heterocycles. The highest BCUT2D eigenvalue weighted by molar-refractivity contribution is 5.66. The van der Waals surface area contributed by atoms with Crippen molar-refractivity contribution in [2.45, 2.75) is 39.3 Å². The number of hydrogen-bond acceptors (Lipinski definition) is 6. The van der Waals surface area contributed by atoms with Crippen LogP contribution >= 0.6 is 0 Å². The monoisotopic (exact) mass is 284 g/mol. The topological polar surface area (TPSA) is 71.1 Å². The molecule has 1 aliphatic rings. The van der Waals surface area contributed by atoms with Crippen molar-refractivity contribution >= 4 is 11.9 Å². The molecule has 0 aliphatic carbocycles. The van der Waals surface area contributed by atoms with Crippen LogP contribution in [-0.4, -0.2) is 43.7 Å². The molecule has 0 saturated carbocycles. The van der Waals surface area contributed by atoms with Gasteiger partial charge in [-0.25, -0.2) is 0 Å². The van der Waals surface area contributed by atoms with E-state index < -0.39 is 30.4 Å². The standard InChI is InChI=1S/C14H20O6/c1-9(2)7-18-14-6-5-12(19-11(4)16)13(20-14)8-17-10(3)15/h5-6,12-14H,1,7-8H2,2-4H3/t12-,13+,14-/m0/s1. The molecule has 0 radical (unpaired) electrons. The molecule has 0 saturated heterocycles. The van der Waals surface area contributed by atoms with Gasteiger partial charge in [0.05, 0.1) is 6.61 Å². The Hall–Kier alpha value is -1.66. The van der Waals surface area contributed by atoms with Gasteiger partial charge in [-0.3, -0.25) is 9.59 Å². The SMILES string of the molecule is C=C(C)CO[C@@H]1C=C[C@H](OC(C)=O)[C@@H](COC(C)=O)O1. The fourth-order valence-electron chi connectivity index (χ4n) is 1.58. The quantitative estimate of drug-likeness (QED) is 0.541. The Morgan fingerprint density at radius 3 is 2.45 bits per heavy atom. The average Bonchev–Trinajstić information content (AvgIpc) is 2.35. The fourth-order valence-corrected chi connectivity index (χ4v) is 1.58. The molecule has 3 atom stereocenters. The lowest BCUT2D eigenvalue weighted by Crippen LogP contribution is -2.42. The van der Waals surface area contributed by atoms with Gasteiger partial charge in [-0.1, -0.05) is 12.2 Å². The summed E-state index contributed by atoms with van der Waals surface area (Å²) < 4.78 is 21.0. The van der Waals surface area contributed by atoms with Crippen LogP contribution < -0.4 is 0 Å². The van der Waals surface area contributed by atoms with E-state index in [1.165, 1.54) is 13.8 Å². The summed E-state index contributed by atoms with van der Waals surface area (Å²) in [7, 11) is 0. The van der Waals surface area contributed by atoms with E-state index in [2.05, 4.69) is 6.58 Å². The van der Waals surface area contributed by atoms with E-state index in [1.807, 2.05) is 6.92 Å². The predicted octanol–water partition coefficient (Wildman–Crippen LogP) is 1.35. The zero-order valence-electron chi connectivity index (χ0n) is 12.0. The fraction of sp³-hybridized carbons (Fsp3) is 0.571. The number of rotatable bonds is 6. The van der Waals surface area contributed by atoms with Crippen molar-refractivity contribution in [3.63, 3.8) is 0 Å². The van der Waals surface area contributed by atoms with Gasteiger partial charge in [0.2, 0.25) is 0 Å². The van der Waals surface area contributed by atoms with Crippen LogP contribution in [0.1, 0.15) is 20.8 Å². The lowest BCUT2D eigenvalue weighted by Gasteiger charge is -2.31. The molecule has 1 rings (SSSR count). The van der Waals surface area contributed by atoms with Crippen molar-refractivity contribution in [1.29, 1.82) is 0 Å². The molecule has 0 fully saturated rings. The Balaban J connectivity index is 2.63. The van der Waals surface area contributed by atoms with Crippen LogP contribution in [0.2, 0.25) is 0 Å². The minimum Gasteiger partial charge on any atom is -0.463 e. The normalized spacial score (nSPS) is 25.1. The molecule has 0 aromatic rings. The summed E-state index contributed by atoms with van der Waals surface area (Å²) >= 11 is 0. The van der Waals surface area contributed by atoms with Crippen LogP contribution in [0.25, 0.3) is 0 Å². The number of ether oxygens (including phenoxy) is 4. The Morgan fingerprint density at radius 1 is 1.20 bits per heavy atom. The lowest BCUT2D eigenvalue weighted by atomic mass is 10.1. The first kappa shape index (κ1) is 16.4. The molecule has 1 aliphatic heterocycles. The van der Waals surface area contributed by atoms with Crippen molar-refractivity contribution in [2.24, 2.45) is 0 Å². The van der Waals surface area contributed by atoms with Gasteiger partial charge in [-0.2, -0.15) is 0 Å². The van der Waals surface area contributed by atoms with E-state index in [4.69, 9.17) is 18.9 Å². The minimum atomic E-state index is -0.600. The molecule has 112 valence electrons. The number of esters is 2. The van der Waals surface area contributed by atoms with Gasteiger partial charge in [0.25, 0.3) is 0 Å². The van der Waals surface area contributed by atoms with Gasteiger partial charge in [0, 0.05) is 13.8 Å². The van der Waals surface area contributed by atoms with Gasteiger partial charge in [0.15, 0.2) is 6.29 Å². The summed E-state index contributed by atoms with van der Waals surface area (Å²) in [6, 6.07) is 0. The third kappa shape index (κ3) is 5.99. The molecular weight excluding hydrogens is 264 g/mol. The predicted molar refractivity (Wildman–Crippen MR) is 70.8 cm³/mol. The van der Waals surface area contributed by atoms with Gasteiger partial charge in [-0.15, -0.1) is 0 Å². The average molecular weight is 284 g/mol. The molecule has 20 heavy (non-hydrogen) atoms. The van der Waals surface area contributed by atoms with Crippen LogP contribution in [0.4, 0.5) is 0 Å². The highest BCUT2D eigenvalue weighted by atomic mass is 16.7. The van der Waals surface area contributed by atoms with Crippen LogP contribution in [-0.2, 0) is 28.5 Å². The van der Waals surface area contributed by atoms with E-state index >= 15 is 0 Å². The van der Waals surface area contributed by atoms with Crippen molar-refractivity contribution in [2.75, 3.05) is 13.2 Å². The maximum Gasteiger partial charge on any atom is 0.303 e. The first-order valence-corrected chi connectivity index (χ1v) is 6.29. The van der Waals surface area contributed by atoms with Crippen LogP contribution in [0.5, 0.6) is 0 Å². The van der Waals surface area contributed by atoms with Crippen LogP contribution in [0.3, 0.4) is 0 Å². The van der Waals surface area contributed by atoms with Crippen LogP contribution in [0.15, 0.2) is 24.3 Å². The maximum atomic E-state index is 11.0. The first-order valence-electron chi connectivity index (χ1n) is 6.29. The van der Waals surface area contributed by atoms with E-state index in [-0.39, 0.29) is 6.61 Å². The lowest BCUT2D eigenvalue weighted by molar-refractivity contribution is -0.194. The Kier molecular flexibility index (Phi) is 6.41. The molecular formula is C14H20O6. The van der Waals surface area contributed by atoms with Crippen LogP contribution in [0, 0.1) is 0 Å². The second kappa shape index (κ2) is 7.81. The maximum absolute atomic E-state index is 11.0. The third-order valence-corrected chi connectivity index (χ3v) is 2.38. The molecule has 0 amide bonds. The van der Waals surface area contributed by atoms with E-state index in [9.17, 15) is 9.59 Å². The summed E-state index contributed by atoms with van der Waals surface area (Å²) in [6.07, 6.45) is 1.54. The first-order chi connectivity index (χ1) is 9.38. The molecule has 0 bridgehead atoms. The summed E-state index contributed by atoms with van der Waals surface area (Å²) in [6.45, 7) is 8.52. The van der Waals surface area contributed by atoms with Crippen molar-refractivity contribution in [3.05, 3.63) is 24.3 Å². The smallest absolute Gasteiger partial charge is 0.303 e. The largest absolute Gasteiger partial charge is 0.463 e. The summed E-state index contributed by atoms with van der Waals surface area (Å²) in [4.78, 5) is 21.9. The second-order valence-corrected chi connectivity index (χ2v) is 4.57. The third-order valence-electron chi connectivity index (χ3n) is 2.38. The summed E-state index contributed by atoms with van der Waals surface area (Å²) in [5.74, 6) is -0.860. The van der Waals surface area contributed by atoms with Gasteiger partial charge in [0.1, 0.15) is 18.8 Å². The molecule has 0 N–H and O–H groups in total. The van der Waals surface area contributed by atoms with Gasteiger partial charge in [-0.05, 0) is 19.1 Å². The molecule has 6 nitrogen and oxygen atoms in total. The van der Waals surface area contributed by atoms with E-state index in [0.717, 1.165) is 5.57 Å². The molecule has 0 spiro atoms.